The fraction of sp³-hybridized carbons (Fsp3) is 1.00. The van der Waals surface area contributed by atoms with Gasteiger partial charge < -0.3 is 6.53 Å². The molecule has 0 bridgehead atoms. The largest absolute Gasteiger partial charge is 1.00 e. The predicted octanol–water partition coefficient (Wildman–Crippen LogP) is -2.32. The van der Waals surface area contributed by atoms with Crippen LogP contribution in [0.25, 0.3) is 0 Å². The first-order valence-electron chi connectivity index (χ1n) is 1.87. The van der Waals surface area contributed by atoms with Gasteiger partial charge >= 0.3 is 29.6 Å². The molecule has 0 amide bonds. The van der Waals surface area contributed by atoms with Gasteiger partial charge in [0.05, 0.1) is 0 Å². The number of hydrogen-bond acceptors (Lipinski definition) is 3. The van der Waals surface area contributed by atoms with Crippen LogP contribution in [0.4, 0.5) is 0 Å². The molecular weight excluding hydrogens is 249 g/mol. The fourth-order valence-electron chi connectivity index (χ4n) is 0.169. The minimum absolute atomic E-state index is 0. The van der Waals surface area contributed by atoms with Crippen LogP contribution in [-0.4, -0.2) is 27.3 Å². The van der Waals surface area contributed by atoms with Crippen molar-refractivity contribution >= 4 is 44.9 Å². The topological polar surface area (TPSA) is 74.6 Å². The molecular formula is C2H4Cl3NaO4S. The summed E-state index contributed by atoms with van der Waals surface area (Å²) in [5, 5.41) is 8.49. The van der Waals surface area contributed by atoms with Crippen molar-refractivity contribution in [2.45, 2.75) is 9.23 Å². The van der Waals surface area contributed by atoms with E-state index in [9.17, 15) is 8.42 Å². The van der Waals surface area contributed by atoms with Crippen molar-refractivity contribution < 1.29 is 49.1 Å². The maximum Gasteiger partial charge on any atom is 1.00 e. The third kappa shape index (κ3) is 5.90. The zero-order valence-electron chi connectivity index (χ0n) is 6.33. The van der Waals surface area contributed by atoms with Crippen LogP contribution in [0.3, 0.4) is 0 Å². The zero-order chi connectivity index (χ0) is 8.58. The smallest absolute Gasteiger partial charge is 1.00 e. The van der Waals surface area contributed by atoms with Crippen molar-refractivity contribution in [3.8, 4) is 0 Å². The van der Waals surface area contributed by atoms with Crippen molar-refractivity contribution in [1.29, 1.82) is 0 Å². The van der Waals surface area contributed by atoms with Gasteiger partial charge in [0.2, 0.25) is 9.23 Å². The number of aliphatic hydroxyl groups is 1. The second-order valence-electron chi connectivity index (χ2n) is 1.41. The summed E-state index contributed by atoms with van der Waals surface area (Å²) in [6.07, 6.45) is 0. The van der Waals surface area contributed by atoms with E-state index in [0.717, 1.165) is 0 Å². The van der Waals surface area contributed by atoms with Crippen LogP contribution in [0.15, 0.2) is 0 Å². The van der Waals surface area contributed by atoms with Gasteiger partial charge in [-0.25, -0.2) is 0 Å². The maximum absolute atomic E-state index is 10.0. The Morgan fingerprint density at radius 2 is 1.64 bits per heavy atom. The van der Waals surface area contributed by atoms with Gasteiger partial charge in [0.25, 0.3) is 10.1 Å². The van der Waals surface area contributed by atoms with E-state index in [0.29, 0.717) is 0 Å². The summed E-state index contributed by atoms with van der Waals surface area (Å²) in [6.45, 7) is 0. The number of halogens is 3. The van der Waals surface area contributed by atoms with Crippen LogP contribution in [-0.2, 0) is 10.1 Å². The molecule has 2 N–H and O–H groups in total. The van der Waals surface area contributed by atoms with Crippen LogP contribution >= 0.6 is 34.8 Å². The van der Waals surface area contributed by atoms with E-state index < -0.39 is 19.3 Å². The standard InChI is InChI=1S/C2H3Cl3O4S.Na.H/c3-2(4,5)1(6)10(7,8)9;;/h1,6H,(H,7,8,9);;/q;+1;-1. The minimum atomic E-state index is -4.70. The summed E-state index contributed by atoms with van der Waals surface area (Å²) in [7, 11) is -4.70. The Kier molecular flexibility index (Phi) is 6.69. The molecule has 0 aliphatic heterocycles. The first-order chi connectivity index (χ1) is 4.15. The molecule has 64 valence electrons. The Bertz CT molecular complexity index is 213. The minimum Gasteiger partial charge on any atom is -1.00 e. The van der Waals surface area contributed by atoms with Gasteiger partial charge in [0.15, 0.2) is 0 Å². The summed E-state index contributed by atoms with van der Waals surface area (Å²) < 4.78 is 25.7. The molecule has 0 fully saturated rings. The third-order valence-corrected chi connectivity index (χ3v) is 2.49. The Balaban J connectivity index is -0.000000405. The van der Waals surface area contributed by atoms with E-state index in [1.165, 1.54) is 0 Å². The Labute approximate surface area is 102 Å². The van der Waals surface area contributed by atoms with E-state index in [-0.39, 0.29) is 31.0 Å². The second kappa shape index (κ2) is 4.83. The van der Waals surface area contributed by atoms with E-state index in [1.807, 2.05) is 0 Å². The van der Waals surface area contributed by atoms with Crippen molar-refractivity contribution in [2.75, 3.05) is 0 Å². The zero-order valence-corrected chi connectivity index (χ0v) is 10.4. The van der Waals surface area contributed by atoms with E-state index in [2.05, 4.69) is 0 Å². The molecule has 0 aromatic rings. The van der Waals surface area contributed by atoms with Crippen LogP contribution in [0.5, 0.6) is 0 Å². The molecule has 0 aliphatic rings. The van der Waals surface area contributed by atoms with Crippen LogP contribution < -0.4 is 29.6 Å². The molecule has 9 heteroatoms. The third-order valence-electron chi connectivity index (χ3n) is 0.562. The molecule has 1 atom stereocenters. The molecule has 0 spiro atoms. The van der Waals surface area contributed by atoms with Crippen molar-refractivity contribution in [1.82, 2.24) is 0 Å². The molecule has 1 unspecified atom stereocenters. The van der Waals surface area contributed by atoms with Gasteiger partial charge in [-0.3, -0.25) is 4.55 Å². The first-order valence-corrected chi connectivity index (χ1v) is 4.50. The van der Waals surface area contributed by atoms with Crippen molar-refractivity contribution in [3.05, 3.63) is 0 Å². The Morgan fingerprint density at radius 1 is 1.36 bits per heavy atom. The number of rotatable bonds is 1. The van der Waals surface area contributed by atoms with Gasteiger partial charge in [-0.05, 0) is 0 Å². The molecule has 0 heterocycles. The second-order valence-corrected chi connectivity index (χ2v) is 5.25. The quantitative estimate of drug-likeness (QED) is 0.313. The Hall–Kier alpha value is 1.74. The predicted molar refractivity (Wildman–Crippen MR) is 39.0 cm³/mol. The van der Waals surface area contributed by atoms with E-state index >= 15 is 0 Å². The van der Waals surface area contributed by atoms with Crippen molar-refractivity contribution in [3.63, 3.8) is 0 Å². The average molecular weight is 253 g/mol. The SMILES string of the molecule is O=S(=O)(O)C(O)C(Cl)(Cl)Cl.[H-].[Na+]. The molecule has 0 saturated carbocycles. The molecule has 0 saturated heterocycles. The van der Waals surface area contributed by atoms with E-state index in [1.54, 1.807) is 0 Å². The number of alkyl halides is 3. The summed E-state index contributed by atoms with van der Waals surface area (Å²) >= 11 is 14.7. The summed E-state index contributed by atoms with van der Waals surface area (Å²) in [5.74, 6) is 0. The molecule has 0 aromatic heterocycles. The van der Waals surface area contributed by atoms with Crippen LogP contribution in [0, 0.1) is 0 Å². The molecule has 11 heavy (non-hydrogen) atoms. The molecule has 0 radical (unpaired) electrons. The Morgan fingerprint density at radius 3 is 1.64 bits per heavy atom. The summed E-state index contributed by atoms with van der Waals surface area (Å²) in [4.78, 5) is 0. The molecule has 0 aliphatic carbocycles. The average Bonchev–Trinajstić information content (AvgIpc) is 1.59. The first kappa shape index (κ1) is 15.2. The van der Waals surface area contributed by atoms with Gasteiger partial charge in [0, 0.05) is 0 Å². The fourth-order valence-corrected chi connectivity index (χ4v) is 1.52. The molecule has 0 rings (SSSR count). The normalized spacial score (nSPS) is 15.4. The summed E-state index contributed by atoms with van der Waals surface area (Å²) in [6, 6.07) is 0. The monoisotopic (exact) mass is 252 g/mol. The number of aliphatic hydroxyl groups excluding tert-OH is 1. The molecule has 0 aromatic carbocycles. The summed E-state index contributed by atoms with van der Waals surface area (Å²) in [5.41, 5.74) is -2.41. The van der Waals surface area contributed by atoms with Crippen LogP contribution in [0.1, 0.15) is 1.43 Å². The van der Waals surface area contributed by atoms with E-state index in [4.69, 9.17) is 44.5 Å². The van der Waals surface area contributed by atoms with Gasteiger partial charge in [0.1, 0.15) is 0 Å². The van der Waals surface area contributed by atoms with Gasteiger partial charge in [-0.1, -0.05) is 34.8 Å². The molecule has 4 nitrogen and oxygen atoms in total. The van der Waals surface area contributed by atoms with Gasteiger partial charge in [-0.2, -0.15) is 8.42 Å². The maximum atomic E-state index is 10.0. The number of hydrogen-bond donors (Lipinski definition) is 2. The van der Waals surface area contributed by atoms with Gasteiger partial charge in [-0.15, -0.1) is 0 Å². The van der Waals surface area contributed by atoms with Crippen LogP contribution in [0.2, 0.25) is 0 Å². The van der Waals surface area contributed by atoms with Crippen molar-refractivity contribution in [2.24, 2.45) is 0 Å².